The summed E-state index contributed by atoms with van der Waals surface area (Å²) in [6, 6.07) is 14.7. The summed E-state index contributed by atoms with van der Waals surface area (Å²) in [5.41, 5.74) is 4.34. The van der Waals surface area contributed by atoms with Crippen LogP contribution in [0.1, 0.15) is 60.5 Å². The molecule has 0 bridgehead atoms. The van der Waals surface area contributed by atoms with Gasteiger partial charge in [-0.25, -0.2) is 0 Å². The minimum Gasteiger partial charge on any atom is -0.494 e. The first-order valence-electron chi connectivity index (χ1n) is 13.2. The van der Waals surface area contributed by atoms with Gasteiger partial charge in [0.05, 0.1) is 6.61 Å². The molecule has 0 radical (unpaired) electrons. The van der Waals surface area contributed by atoms with Crippen molar-refractivity contribution < 1.29 is 9.53 Å². The van der Waals surface area contributed by atoms with Crippen molar-refractivity contribution in [1.29, 1.82) is 0 Å². The molecule has 0 saturated carbocycles. The molecule has 2 fully saturated rings. The Labute approximate surface area is 205 Å². The largest absolute Gasteiger partial charge is 0.494 e. The van der Waals surface area contributed by atoms with Crippen molar-refractivity contribution in [3.8, 4) is 5.75 Å². The van der Waals surface area contributed by atoms with E-state index in [9.17, 15) is 4.79 Å². The monoisotopic (exact) mass is 463 g/mol. The van der Waals surface area contributed by atoms with Crippen LogP contribution in [0.25, 0.3) is 0 Å². The van der Waals surface area contributed by atoms with Crippen LogP contribution in [0.3, 0.4) is 0 Å². The number of carbonyl (C=O) groups excluding carboxylic acids is 1. The van der Waals surface area contributed by atoms with E-state index in [1.165, 1.54) is 50.0 Å². The number of aryl methyl sites for hydroxylation is 2. The summed E-state index contributed by atoms with van der Waals surface area (Å²) in [6.07, 6.45) is 7.49. The molecule has 2 heterocycles. The fourth-order valence-corrected chi connectivity index (χ4v) is 5.05. The number of nitrogens with zero attached hydrogens (tertiary/aromatic N) is 3. The highest BCUT2D eigenvalue weighted by atomic mass is 16.5. The molecule has 0 N–H and O–H groups in total. The van der Waals surface area contributed by atoms with Crippen molar-refractivity contribution in [2.24, 2.45) is 0 Å². The molecule has 2 aromatic rings. The van der Waals surface area contributed by atoms with E-state index in [0.717, 1.165) is 69.0 Å². The fraction of sp³-hybridized carbons (Fsp3) is 0.552. The number of ether oxygens (including phenoxy) is 1. The van der Waals surface area contributed by atoms with E-state index in [4.69, 9.17) is 4.74 Å². The highest BCUT2D eigenvalue weighted by Crippen LogP contribution is 2.22. The highest BCUT2D eigenvalue weighted by Gasteiger charge is 2.23. The zero-order valence-electron chi connectivity index (χ0n) is 21.1. The first kappa shape index (κ1) is 24.6. The smallest absolute Gasteiger partial charge is 0.254 e. The average molecular weight is 464 g/mol. The van der Waals surface area contributed by atoms with Crippen LogP contribution in [0.15, 0.2) is 42.5 Å². The summed E-state index contributed by atoms with van der Waals surface area (Å²) in [7, 11) is 0. The van der Waals surface area contributed by atoms with Crippen LogP contribution < -0.4 is 9.64 Å². The van der Waals surface area contributed by atoms with Crippen molar-refractivity contribution in [3.05, 3.63) is 59.2 Å². The lowest BCUT2D eigenvalue weighted by molar-refractivity contribution is 0.0746. The topological polar surface area (TPSA) is 36.0 Å². The lowest BCUT2D eigenvalue weighted by Gasteiger charge is -2.36. The third kappa shape index (κ3) is 6.53. The molecule has 5 heteroatoms. The van der Waals surface area contributed by atoms with Gasteiger partial charge in [0.15, 0.2) is 0 Å². The molecule has 2 saturated heterocycles. The Morgan fingerprint density at radius 3 is 2.26 bits per heavy atom. The van der Waals surface area contributed by atoms with Gasteiger partial charge in [-0.1, -0.05) is 31.9 Å². The van der Waals surface area contributed by atoms with Crippen molar-refractivity contribution in [2.75, 3.05) is 57.3 Å². The quantitative estimate of drug-likeness (QED) is 0.507. The number of piperazine rings is 1. The number of hydrogen-bond acceptors (Lipinski definition) is 4. The van der Waals surface area contributed by atoms with Gasteiger partial charge < -0.3 is 19.4 Å². The highest BCUT2D eigenvalue weighted by molar-refractivity contribution is 5.96. The number of likely N-dealkylation sites (tertiary alicyclic amines) is 1. The molecule has 2 aliphatic heterocycles. The van der Waals surface area contributed by atoms with Gasteiger partial charge in [0.25, 0.3) is 5.91 Å². The molecule has 2 aliphatic rings. The van der Waals surface area contributed by atoms with Gasteiger partial charge >= 0.3 is 0 Å². The lowest BCUT2D eigenvalue weighted by atomic mass is 10.0. The van der Waals surface area contributed by atoms with Gasteiger partial charge in [-0.3, -0.25) is 4.79 Å². The molecule has 184 valence electrons. The Balaban J connectivity index is 1.22. The minimum absolute atomic E-state index is 0.163. The molecule has 0 unspecified atom stereocenters. The second kappa shape index (κ2) is 12.3. The first-order chi connectivity index (χ1) is 16.6. The number of hydrogen-bond donors (Lipinski definition) is 0. The lowest BCUT2D eigenvalue weighted by Crippen LogP contribution is -2.49. The molecule has 0 aliphatic carbocycles. The second-order valence-electron chi connectivity index (χ2n) is 9.73. The van der Waals surface area contributed by atoms with Crippen LogP contribution in [0.4, 0.5) is 5.69 Å². The Kier molecular flexibility index (Phi) is 8.86. The van der Waals surface area contributed by atoms with Crippen molar-refractivity contribution in [1.82, 2.24) is 9.80 Å². The van der Waals surface area contributed by atoms with E-state index in [1.54, 1.807) is 0 Å². The van der Waals surface area contributed by atoms with Crippen molar-refractivity contribution in [2.45, 2.75) is 52.4 Å². The van der Waals surface area contributed by atoms with E-state index < -0.39 is 0 Å². The second-order valence-corrected chi connectivity index (χ2v) is 9.73. The van der Waals surface area contributed by atoms with Gasteiger partial charge in [-0.2, -0.15) is 0 Å². The van der Waals surface area contributed by atoms with Gasteiger partial charge in [-0.15, -0.1) is 0 Å². The molecule has 2 aromatic carbocycles. The third-order valence-electron chi connectivity index (χ3n) is 7.30. The minimum atomic E-state index is 0.163. The molecule has 5 nitrogen and oxygen atoms in total. The molecule has 1 amide bonds. The molecule has 0 aromatic heterocycles. The first-order valence-corrected chi connectivity index (χ1v) is 13.2. The Morgan fingerprint density at radius 1 is 0.882 bits per heavy atom. The maximum absolute atomic E-state index is 13.1. The van der Waals surface area contributed by atoms with Gasteiger partial charge in [-0.05, 0) is 87.2 Å². The number of rotatable bonds is 8. The van der Waals surface area contributed by atoms with E-state index in [1.807, 2.05) is 11.8 Å². The molecule has 34 heavy (non-hydrogen) atoms. The number of carbonyl (C=O) groups is 1. The normalized spacial score (nSPS) is 17.5. The molecular weight excluding hydrogens is 422 g/mol. The average Bonchev–Trinajstić information content (AvgIpc) is 3.16. The van der Waals surface area contributed by atoms with Gasteiger partial charge in [0.2, 0.25) is 0 Å². The van der Waals surface area contributed by atoms with Crippen LogP contribution in [-0.2, 0) is 6.42 Å². The molecular formula is C29H41N3O2. The summed E-state index contributed by atoms with van der Waals surface area (Å²) >= 11 is 0. The summed E-state index contributed by atoms with van der Waals surface area (Å²) in [6.45, 7) is 11.8. The van der Waals surface area contributed by atoms with E-state index in [2.05, 4.69) is 59.2 Å². The van der Waals surface area contributed by atoms with Crippen LogP contribution in [-0.4, -0.2) is 68.1 Å². The SMILES string of the molecule is CCc1ccc(C)c(C(=O)N2CCN(c3ccc(OCCCN4CCCCCC4)cc3)CC2)c1. The van der Waals surface area contributed by atoms with Crippen LogP contribution >= 0.6 is 0 Å². The fourth-order valence-electron chi connectivity index (χ4n) is 5.05. The van der Waals surface area contributed by atoms with E-state index in [-0.39, 0.29) is 5.91 Å². The summed E-state index contributed by atoms with van der Waals surface area (Å²) in [4.78, 5) is 20.1. The zero-order chi connectivity index (χ0) is 23.8. The van der Waals surface area contributed by atoms with E-state index in [0.29, 0.717) is 0 Å². The summed E-state index contributed by atoms with van der Waals surface area (Å²) in [5.74, 6) is 1.11. The van der Waals surface area contributed by atoms with Crippen molar-refractivity contribution in [3.63, 3.8) is 0 Å². The van der Waals surface area contributed by atoms with Gasteiger partial charge in [0.1, 0.15) is 5.75 Å². The maximum atomic E-state index is 13.1. The summed E-state index contributed by atoms with van der Waals surface area (Å²) < 4.78 is 6.00. The number of amides is 1. The summed E-state index contributed by atoms with van der Waals surface area (Å²) in [5, 5.41) is 0. The molecule has 0 spiro atoms. The number of anilines is 1. The standard InChI is InChI=1S/C29H41N3O2/c1-3-25-10-9-24(2)28(23-25)29(33)32-20-18-31(19-21-32)26-11-13-27(14-12-26)34-22-8-17-30-15-6-4-5-7-16-30/h9-14,23H,3-8,15-22H2,1-2H3. The molecule has 0 atom stereocenters. The zero-order valence-corrected chi connectivity index (χ0v) is 21.1. The predicted molar refractivity (Wildman–Crippen MR) is 140 cm³/mol. The maximum Gasteiger partial charge on any atom is 0.254 e. The van der Waals surface area contributed by atoms with Crippen LogP contribution in [0, 0.1) is 6.92 Å². The number of benzene rings is 2. The van der Waals surface area contributed by atoms with Crippen LogP contribution in [0.2, 0.25) is 0 Å². The predicted octanol–water partition coefficient (Wildman–Crippen LogP) is 5.16. The Hall–Kier alpha value is -2.53. The van der Waals surface area contributed by atoms with Gasteiger partial charge in [0, 0.05) is 44.0 Å². The Bertz CT molecular complexity index is 911. The van der Waals surface area contributed by atoms with Crippen molar-refractivity contribution >= 4 is 11.6 Å². The van der Waals surface area contributed by atoms with Crippen LogP contribution in [0.5, 0.6) is 5.75 Å². The molecule has 4 rings (SSSR count). The Morgan fingerprint density at radius 2 is 1.59 bits per heavy atom. The van der Waals surface area contributed by atoms with E-state index >= 15 is 0 Å². The third-order valence-corrected chi connectivity index (χ3v) is 7.30.